The summed E-state index contributed by atoms with van der Waals surface area (Å²) < 4.78 is 1.28. The third kappa shape index (κ3) is 9.33. The van der Waals surface area contributed by atoms with Gasteiger partial charge in [0.25, 0.3) is 0 Å². The first-order chi connectivity index (χ1) is 11.8. The third-order valence-electron chi connectivity index (χ3n) is 5.74. The van der Waals surface area contributed by atoms with Crippen LogP contribution in [0.3, 0.4) is 0 Å². The van der Waals surface area contributed by atoms with E-state index in [1.54, 1.807) is 0 Å². The Hall–Kier alpha value is -0.200. The molecule has 0 aromatic carbocycles. The van der Waals surface area contributed by atoms with Crippen molar-refractivity contribution in [2.24, 2.45) is 0 Å². The van der Waals surface area contributed by atoms with Crippen LogP contribution < -0.4 is 16.0 Å². The number of hydrogen-bond acceptors (Lipinski definition) is 4. The van der Waals surface area contributed by atoms with E-state index in [9.17, 15) is 0 Å². The van der Waals surface area contributed by atoms with Crippen LogP contribution in [0.1, 0.15) is 40.0 Å². The Bertz CT molecular complexity index is 259. The van der Waals surface area contributed by atoms with Gasteiger partial charge in [0.05, 0.1) is 26.2 Å². The van der Waals surface area contributed by atoms with Crippen molar-refractivity contribution in [3.05, 3.63) is 0 Å². The number of nitrogens with one attached hydrogen (secondary N) is 3. The summed E-state index contributed by atoms with van der Waals surface area (Å²) in [6.07, 6.45) is 3.81. The summed E-state index contributed by atoms with van der Waals surface area (Å²) in [5.41, 5.74) is 0. The first kappa shape index (κ1) is 21.8. The normalized spacial score (nSPS) is 20.6. The van der Waals surface area contributed by atoms with E-state index in [0.29, 0.717) is 0 Å². The van der Waals surface area contributed by atoms with Gasteiger partial charge in [0.2, 0.25) is 0 Å². The Morgan fingerprint density at radius 1 is 0.708 bits per heavy atom. The summed E-state index contributed by atoms with van der Waals surface area (Å²) in [7, 11) is 0. The Morgan fingerprint density at radius 2 is 1.29 bits per heavy atom. The van der Waals surface area contributed by atoms with Crippen molar-refractivity contribution in [3.63, 3.8) is 0 Å². The summed E-state index contributed by atoms with van der Waals surface area (Å²) in [6.45, 7) is 22.6. The van der Waals surface area contributed by atoms with Crippen LogP contribution in [0.5, 0.6) is 0 Å². The minimum absolute atomic E-state index is 1.09. The van der Waals surface area contributed by atoms with E-state index in [4.69, 9.17) is 0 Å². The van der Waals surface area contributed by atoms with Crippen LogP contribution in [0.25, 0.3) is 0 Å². The van der Waals surface area contributed by atoms with Crippen LogP contribution in [0, 0.1) is 0 Å². The lowest BCUT2D eigenvalue weighted by Crippen LogP contribution is -2.49. The standard InChI is InChI=1S/C19H44N5/c1-4-24(5-2,6-3)19-9-17-23-16-8-12-21-14-13-20-10-7-11-22-15-18-23/h20-22H,4-19H2,1-3H3/q+1. The Labute approximate surface area is 151 Å². The van der Waals surface area contributed by atoms with E-state index in [0.717, 1.165) is 39.3 Å². The average molecular weight is 343 g/mol. The van der Waals surface area contributed by atoms with Crippen molar-refractivity contribution in [2.75, 3.05) is 85.1 Å². The monoisotopic (exact) mass is 342 g/mol. The highest BCUT2D eigenvalue weighted by molar-refractivity contribution is 4.64. The highest BCUT2D eigenvalue weighted by Crippen LogP contribution is 2.08. The van der Waals surface area contributed by atoms with E-state index in [-0.39, 0.29) is 0 Å². The van der Waals surface area contributed by atoms with Gasteiger partial charge in [-0.1, -0.05) is 0 Å². The van der Waals surface area contributed by atoms with Crippen LogP contribution >= 0.6 is 0 Å². The fraction of sp³-hybridized carbons (Fsp3) is 1.00. The van der Waals surface area contributed by atoms with Gasteiger partial charge in [-0.05, 0) is 59.8 Å². The molecular formula is C19H44N5+. The SMILES string of the molecule is CC[N+](CC)(CC)CCCN1CCCNCCNCCCNCC1. The summed E-state index contributed by atoms with van der Waals surface area (Å²) in [5.74, 6) is 0. The van der Waals surface area contributed by atoms with Gasteiger partial charge >= 0.3 is 0 Å². The maximum atomic E-state index is 3.61. The number of rotatable bonds is 7. The molecule has 144 valence electrons. The quantitative estimate of drug-likeness (QED) is 0.606. The lowest BCUT2D eigenvalue weighted by molar-refractivity contribution is -0.923. The molecule has 24 heavy (non-hydrogen) atoms. The molecule has 0 saturated carbocycles. The molecule has 0 radical (unpaired) electrons. The lowest BCUT2D eigenvalue weighted by atomic mass is 10.2. The second kappa shape index (κ2) is 14.0. The first-order valence-corrected chi connectivity index (χ1v) is 10.5. The fourth-order valence-corrected chi connectivity index (χ4v) is 3.67. The molecule has 0 aliphatic carbocycles. The molecule has 0 aromatic rings. The highest BCUT2D eigenvalue weighted by Gasteiger charge is 2.20. The Kier molecular flexibility index (Phi) is 12.8. The van der Waals surface area contributed by atoms with Crippen molar-refractivity contribution < 1.29 is 4.48 Å². The molecule has 0 bridgehead atoms. The maximum absolute atomic E-state index is 3.61. The fourth-order valence-electron chi connectivity index (χ4n) is 3.67. The molecule has 0 spiro atoms. The minimum atomic E-state index is 1.09. The van der Waals surface area contributed by atoms with Crippen LogP contribution in [0.15, 0.2) is 0 Å². The van der Waals surface area contributed by atoms with Crippen molar-refractivity contribution >= 4 is 0 Å². The summed E-state index contributed by atoms with van der Waals surface area (Å²) in [5, 5.41) is 10.7. The molecule has 0 atom stereocenters. The van der Waals surface area contributed by atoms with Crippen LogP contribution in [0.2, 0.25) is 0 Å². The molecule has 0 amide bonds. The van der Waals surface area contributed by atoms with Gasteiger partial charge in [0, 0.05) is 39.1 Å². The Morgan fingerprint density at radius 3 is 1.92 bits per heavy atom. The van der Waals surface area contributed by atoms with E-state index in [2.05, 4.69) is 41.6 Å². The van der Waals surface area contributed by atoms with Gasteiger partial charge in [-0.3, -0.25) is 0 Å². The van der Waals surface area contributed by atoms with Gasteiger partial charge in [0.1, 0.15) is 0 Å². The van der Waals surface area contributed by atoms with Gasteiger partial charge in [-0.15, -0.1) is 0 Å². The molecule has 1 saturated heterocycles. The lowest BCUT2D eigenvalue weighted by Gasteiger charge is -2.36. The van der Waals surface area contributed by atoms with Crippen molar-refractivity contribution in [2.45, 2.75) is 40.0 Å². The van der Waals surface area contributed by atoms with Gasteiger partial charge in [0.15, 0.2) is 0 Å². The molecule has 5 nitrogen and oxygen atoms in total. The van der Waals surface area contributed by atoms with E-state index < -0.39 is 0 Å². The number of hydrogen-bond donors (Lipinski definition) is 3. The van der Waals surface area contributed by atoms with Gasteiger partial charge < -0.3 is 25.3 Å². The third-order valence-corrected chi connectivity index (χ3v) is 5.74. The smallest absolute Gasteiger partial charge is 0.0798 e. The second-order valence-electron chi connectivity index (χ2n) is 7.17. The zero-order valence-corrected chi connectivity index (χ0v) is 16.7. The zero-order chi connectivity index (χ0) is 17.5. The summed E-state index contributed by atoms with van der Waals surface area (Å²) in [6, 6.07) is 0. The largest absolute Gasteiger partial charge is 0.324 e. The number of quaternary nitrogens is 1. The molecule has 3 N–H and O–H groups in total. The minimum Gasteiger partial charge on any atom is -0.324 e. The predicted octanol–water partition coefficient (Wildman–Crippen LogP) is 1.12. The highest BCUT2D eigenvalue weighted by atomic mass is 15.3. The average Bonchev–Trinajstić information content (AvgIpc) is 2.62. The van der Waals surface area contributed by atoms with Gasteiger partial charge in [-0.25, -0.2) is 0 Å². The number of nitrogens with zero attached hydrogens (tertiary/aromatic N) is 2. The van der Waals surface area contributed by atoms with Gasteiger partial charge in [-0.2, -0.15) is 0 Å². The van der Waals surface area contributed by atoms with E-state index in [1.807, 2.05) is 0 Å². The summed E-state index contributed by atoms with van der Waals surface area (Å²) in [4.78, 5) is 2.67. The van der Waals surface area contributed by atoms with Crippen LogP contribution in [-0.2, 0) is 0 Å². The molecule has 0 aromatic heterocycles. The predicted molar refractivity (Wildman–Crippen MR) is 106 cm³/mol. The molecule has 5 heteroatoms. The van der Waals surface area contributed by atoms with Crippen LogP contribution in [-0.4, -0.2) is 94.5 Å². The Balaban J connectivity index is 2.34. The molecule has 1 aliphatic rings. The molecule has 0 unspecified atom stereocenters. The molecule has 1 aliphatic heterocycles. The van der Waals surface area contributed by atoms with E-state index >= 15 is 0 Å². The molecular weight excluding hydrogens is 298 g/mol. The van der Waals surface area contributed by atoms with Crippen molar-refractivity contribution in [1.29, 1.82) is 0 Å². The molecule has 1 heterocycles. The summed E-state index contributed by atoms with van der Waals surface area (Å²) >= 11 is 0. The maximum Gasteiger partial charge on any atom is 0.0798 e. The molecule has 1 fully saturated rings. The van der Waals surface area contributed by atoms with Crippen LogP contribution in [0.4, 0.5) is 0 Å². The first-order valence-electron chi connectivity index (χ1n) is 10.5. The van der Waals surface area contributed by atoms with Crippen molar-refractivity contribution in [1.82, 2.24) is 20.9 Å². The van der Waals surface area contributed by atoms with Crippen molar-refractivity contribution in [3.8, 4) is 0 Å². The van der Waals surface area contributed by atoms with E-state index in [1.165, 1.54) is 69.6 Å². The molecule has 1 rings (SSSR count). The topological polar surface area (TPSA) is 39.3 Å². The zero-order valence-electron chi connectivity index (χ0n) is 16.7. The second-order valence-corrected chi connectivity index (χ2v) is 7.17.